The van der Waals surface area contributed by atoms with E-state index in [-0.39, 0.29) is 0 Å². The van der Waals surface area contributed by atoms with Gasteiger partial charge in [-0.15, -0.1) is 0 Å². The third-order valence-corrected chi connectivity index (χ3v) is 3.23. The number of nitrogens with two attached hydrogens (primary N) is 1. The van der Waals surface area contributed by atoms with Gasteiger partial charge in [0.15, 0.2) is 5.16 Å². The molecule has 0 spiro atoms. The van der Waals surface area contributed by atoms with Crippen molar-refractivity contribution in [3.63, 3.8) is 0 Å². The van der Waals surface area contributed by atoms with Crippen LogP contribution in [0.25, 0.3) is 0 Å². The smallest absolute Gasteiger partial charge is 0.193 e. The van der Waals surface area contributed by atoms with Crippen molar-refractivity contribution < 1.29 is 0 Å². The summed E-state index contributed by atoms with van der Waals surface area (Å²) >= 11 is 1.42. The lowest BCUT2D eigenvalue weighted by atomic mass is 10.4. The van der Waals surface area contributed by atoms with Gasteiger partial charge in [0.05, 0.1) is 11.4 Å². The zero-order valence-corrected chi connectivity index (χ0v) is 10.2. The number of aromatic nitrogens is 4. The summed E-state index contributed by atoms with van der Waals surface area (Å²) in [5, 5.41) is 5.80. The van der Waals surface area contributed by atoms with E-state index < -0.39 is 0 Å². The number of nitrogens with zero attached hydrogens (tertiary/aromatic N) is 4. The van der Waals surface area contributed by atoms with Crippen molar-refractivity contribution in [1.82, 2.24) is 19.7 Å². The average molecular weight is 235 g/mol. The van der Waals surface area contributed by atoms with Gasteiger partial charge in [-0.3, -0.25) is 4.68 Å². The number of anilines is 1. The van der Waals surface area contributed by atoms with Crippen LogP contribution < -0.4 is 5.73 Å². The van der Waals surface area contributed by atoms with Crippen molar-refractivity contribution in [2.45, 2.75) is 24.0 Å². The van der Waals surface area contributed by atoms with Crippen LogP contribution in [0.5, 0.6) is 0 Å². The van der Waals surface area contributed by atoms with Gasteiger partial charge < -0.3 is 5.73 Å². The van der Waals surface area contributed by atoms with Crippen LogP contribution in [0.3, 0.4) is 0 Å². The molecule has 84 valence electrons. The molecule has 0 bridgehead atoms. The maximum atomic E-state index is 5.92. The van der Waals surface area contributed by atoms with E-state index in [0.29, 0.717) is 10.8 Å². The van der Waals surface area contributed by atoms with Gasteiger partial charge in [0.1, 0.15) is 5.03 Å². The molecule has 0 radical (unpaired) electrons. The molecule has 0 aliphatic carbocycles. The van der Waals surface area contributed by atoms with Gasteiger partial charge in [0.25, 0.3) is 0 Å². The molecule has 0 saturated heterocycles. The Labute approximate surface area is 98.1 Å². The molecule has 0 unspecified atom stereocenters. The Bertz CT molecular complexity index is 503. The SMILES string of the molecule is Cc1cnc(Sc2c(N)c(C)nn2C)nc1. The molecule has 0 fully saturated rings. The van der Waals surface area contributed by atoms with Crippen LogP contribution >= 0.6 is 11.8 Å². The molecule has 2 aromatic heterocycles. The third kappa shape index (κ3) is 2.01. The maximum absolute atomic E-state index is 5.92. The normalized spacial score (nSPS) is 10.7. The first-order valence-corrected chi connectivity index (χ1v) is 5.65. The summed E-state index contributed by atoms with van der Waals surface area (Å²) in [6, 6.07) is 0. The lowest BCUT2D eigenvalue weighted by molar-refractivity contribution is 0.692. The summed E-state index contributed by atoms with van der Waals surface area (Å²) < 4.78 is 1.75. The Morgan fingerprint density at radius 1 is 1.25 bits per heavy atom. The van der Waals surface area contributed by atoms with E-state index in [1.165, 1.54) is 11.8 Å². The van der Waals surface area contributed by atoms with E-state index in [0.717, 1.165) is 16.3 Å². The Kier molecular flexibility index (Phi) is 2.82. The van der Waals surface area contributed by atoms with Gasteiger partial charge >= 0.3 is 0 Å². The highest BCUT2D eigenvalue weighted by atomic mass is 32.2. The Morgan fingerprint density at radius 3 is 2.38 bits per heavy atom. The number of aryl methyl sites for hydroxylation is 3. The molecule has 5 nitrogen and oxygen atoms in total. The van der Waals surface area contributed by atoms with Gasteiger partial charge in [0.2, 0.25) is 0 Å². The summed E-state index contributed by atoms with van der Waals surface area (Å²) in [6.07, 6.45) is 3.57. The van der Waals surface area contributed by atoms with Crippen LogP contribution in [0.2, 0.25) is 0 Å². The van der Waals surface area contributed by atoms with Gasteiger partial charge in [-0.2, -0.15) is 5.10 Å². The molecule has 0 aliphatic heterocycles. The number of rotatable bonds is 2. The summed E-state index contributed by atoms with van der Waals surface area (Å²) in [4.78, 5) is 8.44. The third-order valence-electron chi connectivity index (χ3n) is 2.16. The van der Waals surface area contributed by atoms with E-state index in [1.807, 2.05) is 20.9 Å². The van der Waals surface area contributed by atoms with E-state index in [9.17, 15) is 0 Å². The van der Waals surface area contributed by atoms with Crippen molar-refractivity contribution in [3.05, 3.63) is 23.7 Å². The topological polar surface area (TPSA) is 69.6 Å². The molecule has 2 N–H and O–H groups in total. The van der Waals surface area contributed by atoms with Crippen LogP contribution in [0.1, 0.15) is 11.3 Å². The second kappa shape index (κ2) is 4.13. The molecule has 2 rings (SSSR count). The second-order valence-corrected chi connectivity index (χ2v) is 4.53. The van der Waals surface area contributed by atoms with E-state index in [1.54, 1.807) is 17.1 Å². The quantitative estimate of drug-likeness (QED) is 0.800. The summed E-state index contributed by atoms with van der Waals surface area (Å²) in [5.74, 6) is 0. The first-order chi connectivity index (χ1) is 7.58. The minimum absolute atomic E-state index is 0.681. The minimum Gasteiger partial charge on any atom is -0.395 e. The fourth-order valence-corrected chi connectivity index (χ4v) is 2.11. The zero-order valence-electron chi connectivity index (χ0n) is 9.43. The largest absolute Gasteiger partial charge is 0.395 e. The van der Waals surface area contributed by atoms with Crippen LogP contribution in [0.15, 0.2) is 22.6 Å². The first kappa shape index (κ1) is 10.9. The van der Waals surface area contributed by atoms with Crippen LogP contribution in [-0.2, 0) is 7.05 Å². The molecule has 0 aliphatic rings. The summed E-state index contributed by atoms with van der Waals surface area (Å²) in [6.45, 7) is 3.84. The fraction of sp³-hybridized carbons (Fsp3) is 0.300. The Balaban J connectivity index is 2.30. The number of hydrogen-bond acceptors (Lipinski definition) is 5. The van der Waals surface area contributed by atoms with Crippen molar-refractivity contribution in [1.29, 1.82) is 0 Å². The lowest BCUT2D eigenvalue weighted by Crippen LogP contribution is -1.95. The molecule has 0 saturated carbocycles. The van der Waals surface area contributed by atoms with Crippen LogP contribution in [0.4, 0.5) is 5.69 Å². The van der Waals surface area contributed by atoms with Crippen molar-refractivity contribution >= 4 is 17.4 Å². The first-order valence-electron chi connectivity index (χ1n) is 4.83. The molecule has 16 heavy (non-hydrogen) atoms. The average Bonchev–Trinajstić information content (AvgIpc) is 2.48. The van der Waals surface area contributed by atoms with Gasteiger partial charge in [0, 0.05) is 19.4 Å². The van der Waals surface area contributed by atoms with Gasteiger partial charge in [-0.05, 0) is 31.2 Å². The zero-order chi connectivity index (χ0) is 11.7. The predicted octanol–water partition coefficient (Wildman–Crippen LogP) is 1.56. The minimum atomic E-state index is 0.681. The van der Waals surface area contributed by atoms with E-state index in [2.05, 4.69) is 15.1 Å². The molecule has 0 aromatic carbocycles. The van der Waals surface area contributed by atoms with E-state index in [4.69, 9.17) is 5.73 Å². The fourth-order valence-electron chi connectivity index (χ4n) is 1.29. The van der Waals surface area contributed by atoms with Crippen LogP contribution in [0, 0.1) is 13.8 Å². The molecule has 2 aromatic rings. The Morgan fingerprint density at radius 2 is 1.88 bits per heavy atom. The Hall–Kier alpha value is -1.56. The number of hydrogen-bond donors (Lipinski definition) is 1. The van der Waals surface area contributed by atoms with Crippen molar-refractivity contribution in [2.75, 3.05) is 5.73 Å². The molecule has 6 heteroatoms. The monoisotopic (exact) mass is 235 g/mol. The molecular formula is C10H13N5S. The highest BCUT2D eigenvalue weighted by molar-refractivity contribution is 7.99. The van der Waals surface area contributed by atoms with Gasteiger partial charge in [-0.25, -0.2) is 9.97 Å². The molecule has 2 heterocycles. The predicted molar refractivity (Wildman–Crippen MR) is 63.2 cm³/mol. The maximum Gasteiger partial charge on any atom is 0.193 e. The highest BCUT2D eigenvalue weighted by Crippen LogP contribution is 2.30. The standard InChI is InChI=1S/C10H13N5S/c1-6-4-12-10(13-5-6)16-9-8(11)7(2)14-15(9)3/h4-5H,11H2,1-3H3. The number of nitrogen functional groups attached to an aromatic ring is 1. The molecule has 0 atom stereocenters. The summed E-state index contributed by atoms with van der Waals surface area (Å²) in [7, 11) is 1.86. The van der Waals surface area contributed by atoms with Crippen molar-refractivity contribution in [3.8, 4) is 0 Å². The second-order valence-electron chi connectivity index (χ2n) is 3.57. The van der Waals surface area contributed by atoms with Crippen LogP contribution in [-0.4, -0.2) is 19.7 Å². The highest BCUT2D eigenvalue weighted by Gasteiger charge is 2.12. The lowest BCUT2D eigenvalue weighted by Gasteiger charge is -2.01. The van der Waals surface area contributed by atoms with Crippen molar-refractivity contribution in [2.24, 2.45) is 7.05 Å². The van der Waals surface area contributed by atoms with E-state index >= 15 is 0 Å². The molecule has 0 amide bonds. The molecular weight excluding hydrogens is 222 g/mol. The summed E-state index contributed by atoms with van der Waals surface area (Å²) in [5.41, 5.74) is 8.48. The van der Waals surface area contributed by atoms with Gasteiger partial charge in [-0.1, -0.05) is 0 Å².